The number of aryl methyl sites for hydroxylation is 1. The number of methoxy groups -OCH3 is 1. The van der Waals surface area contributed by atoms with E-state index in [9.17, 15) is 18.0 Å². The predicted molar refractivity (Wildman–Crippen MR) is 163 cm³/mol. The van der Waals surface area contributed by atoms with Crippen molar-refractivity contribution in [3.8, 4) is 5.75 Å². The van der Waals surface area contributed by atoms with Gasteiger partial charge in [0.05, 0.1) is 27.7 Å². The molecule has 3 aromatic carbocycles. The van der Waals surface area contributed by atoms with Crippen LogP contribution in [0.3, 0.4) is 0 Å². The minimum atomic E-state index is -4.22. The summed E-state index contributed by atoms with van der Waals surface area (Å²) >= 11 is 12.3. The Labute approximate surface area is 252 Å². The number of anilines is 1. The number of hydrogen-bond donors (Lipinski definition) is 1. The highest BCUT2D eigenvalue weighted by atomic mass is 35.5. The molecular weight excluding hydrogens is 585 g/mol. The Morgan fingerprint density at radius 2 is 1.63 bits per heavy atom. The predicted octanol–water partition coefficient (Wildman–Crippen LogP) is 5.84. The van der Waals surface area contributed by atoms with E-state index in [2.05, 4.69) is 5.32 Å². The van der Waals surface area contributed by atoms with Crippen LogP contribution in [0.4, 0.5) is 5.69 Å². The van der Waals surface area contributed by atoms with Gasteiger partial charge < -0.3 is 15.0 Å². The fourth-order valence-corrected chi connectivity index (χ4v) is 5.81. The van der Waals surface area contributed by atoms with Crippen molar-refractivity contribution in [2.24, 2.45) is 0 Å². The van der Waals surface area contributed by atoms with Gasteiger partial charge in [0, 0.05) is 12.6 Å². The van der Waals surface area contributed by atoms with Crippen molar-refractivity contribution in [2.45, 2.75) is 57.6 Å². The summed E-state index contributed by atoms with van der Waals surface area (Å²) in [6.07, 6.45) is 0.704. The summed E-state index contributed by atoms with van der Waals surface area (Å²) in [5.74, 6) is -0.683. The molecule has 8 nitrogen and oxygen atoms in total. The quantitative estimate of drug-likeness (QED) is 0.275. The maximum Gasteiger partial charge on any atom is 0.264 e. The highest BCUT2D eigenvalue weighted by molar-refractivity contribution is 7.92. The highest BCUT2D eigenvalue weighted by Gasteiger charge is 2.34. The van der Waals surface area contributed by atoms with Crippen LogP contribution in [0, 0.1) is 6.92 Å². The lowest BCUT2D eigenvalue weighted by Gasteiger charge is -2.32. The zero-order chi connectivity index (χ0) is 30.3. The number of halogens is 2. The van der Waals surface area contributed by atoms with E-state index < -0.39 is 28.5 Å². The van der Waals surface area contributed by atoms with Crippen LogP contribution < -0.4 is 14.4 Å². The lowest BCUT2D eigenvalue weighted by Crippen LogP contribution is -2.52. The molecule has 0 saturated carbocycles. The van der Waals surface area contributed by atoms with Crippen molar-refractivity contribution < 1.29 is 22.7 Å². The number of benzene rings is 3. The van der Waals surface area contributed by atoms with Gasteiger partial charge in [-0.2, -0.15) is 0 Å². The van der Waals surface area contributed by atoms with E-state index in [-0.39, 0.29) is 34.8 Å². The number of para-hydroxylation sites is 2. The zero-order valence-electron chi connectivity index (χ0n) is 23.7. The summed E-state index contributed by atoms with van der Waals surface area (Å²) in [5, 5.41) is 3.55. The molecule has 11 heteroatoms. The second-order valence-electron chi connectivity index (χ2n) is 9.76. The molecule has 3 aromatic rings. The average molecular weight is 621 g/mol. The summed E-state index contributed by atoms with van der Waals surface area (Å²) in [7, 11) is -2.79. The lowest BCUT2D eigenvalue weighted by molar-refractivity contribution is -0.139. The molecule has 0 radical (unpaired) electrons. The van der Waals surface area contributed by atoms with E-state index in [1.54, 1.807) is 61.5 Å². The Balaban J connectivity index is 2.08. The van der Waals surface area contributed by atoms with Crippen molar-refractivity contribution in [3.63, 3.8) is 0 Å². The SMILES string of the molecule is CC[C@H](C)NC(=O)[C@@H](C)N(Cc1ccc(Cl)c(Cl)c1)C(=O)CN(c1ccccc1OC)S(=O)(=O)c1ccc(C)cc1. The van der Waals surface area contributed by atoms with Crippen LogP contribution in [0.25, 0.3) is 0 Å². The molecule has 1 N–H and O–H groups in total. The number of sulfonamides is 1. The largest absolute Gasteiger partial charge is 0.495 e. The summed E-state index contributed by atoms with van der Waals surface area (Å²) < 4.78 is 34.4. The summed E-state index contributed by atoms with van der Waals surface area (Å²) in [5.41, 5.74) is 1.70. The Kier molecular flexibility index (Phi) is 11.1. The summed E-state index contributed by atoms with van der Waals surface area (Å²) in [6.45, 7) is 6.68. The minimum Gasteiger partial charge on any atom is -0.495 e. The second-order valence-corrected chi connectivity index (χ2v) is 12.4. The maximum atomic E-state index is 14.1. The lowest BCUT2D eigenvalue weighted by atomic mass is 10.1. The van der Waals surface area contributed by atoms with Crippen LogP contribution in [0.15, 0.2) is 71.6 Å². The van der Waals surface area contributed by atoms with Gasteiger partial charge in [-0.05, 0) is 69.2 Å². The third-order valence-corrected chi connectivity index (χ3v) is 9.26. The number of hydrogen-bond acceptors (Lipinski definition) is 5. The Morgan fingerprint density at radius 1 is 0.976 bits per heavy atom. The van der Waals surface area contributed by atoms with Gasteiger partial charge in [0.15, 0.2) is 0 Å². The average Bonchev–Trinajstić information content (AvgIpc) is 2.95. The van der Waals surface area contributed by atoms with Crippen molar-refractivity contribution in [1.82, 2.24) is 10.2 Å². The fraction of sp³-hybridized carbons (Fsp3) is 0.333. The van der Waals surface area contributed by atoms with E-state index in [1.807, 2.05) is 20.8 Å². The highest BCUT2D eigenvalue weighted by Crippen LogP contribution is 2.33. The van der Waals surface area contributed by atoms with E-state index in [1.165, 1.54) is 24.1 Å². The van der Waals surface area contributed by atoms with Crippen molar-refractivity contribution >= 4 is 50.7 Å². The van der Waals surface area contributed by atoms with Gasteiger partial charge in [0.25, 0.3) is 10.0 Å². The Morgan fingerprint density at radius 3 is 2.24 bits per heavy atom. The van der Waals surface area contributed by atoms with Crippen molar-refractivity contribution in [1.29, 1.82) is 0 Å². The van der Waals surface area contributed by atoms with Crippen LogP contribution >= 0.6 is 23.2 Å². The number of carbonyl (C=O) groups is 2. The molecule has 0 aromatic heterocycles. The molecule has 0 heterocycles. The third-order valence-electron chi connectivity index (χ3n) is 6.75. The topological polar surface area (TPSA) is 96.0 Å². The van der Waals surface area contributed by atoms with Gasteiger partial charge in [0.1, 0.15) is 18.3 Å². The van der Waals surface area contributed by atoms with Gasteiger partial charge >= 0.3 is 0 Å². The van der Waals surface area contributed by atoms with E-state index >= 15 is 0 Å². The molecule has 0 aliphatic heterocycles. The number of nitrogens with zero attached hydrogens (tertiary/aromatic N) is 2. The molecule has 0 aliphatic rings. The van der Waals surface area contributed by atoms with Crippen LogP contribution in [-0.2, 0) is 26.2 Å². The third kappa shape index (κ3) is 7.93. The van der Waals surface area contributed by atoms with Crippen LogP contribution in [-0.4, -0.2) is 50.9 Å². The number of nitrogens with one attached hydrogen (secondary N) is 1. The standard InChI is InChI=1S/C30H35Cl2N3O5S/c1-6-21(3)33-30(37)22(4)34(18-23-13-16-25(31)26(32)17-23)29(36)19-35(27-9-7-8-10-28(27)40-5)41(38,39)24-14-11-20(2)12-15-24/h7-17,21-22H,6,18-19H2,1-5H3,(H,33,37)/t21-,22+/m0/s1. The number of ether oxygens (including phenoxy) is 1. The first kappa shape index (κ1) is 32.2. The van der Waals surface area contributed by atoms with Crippen LogP contribution in [0.2, 0.25) is 10.0 Å². The first-order valence-electron chi connectivity index (χ1n) is 13.1. The number of carbonyl (C=O) groups excluding carboxylic acids is 2. The minimum absolute atomic E-state index is 0.00480. The smallest absolute Gasteiger partial charge is 0.264 e. The monoisotopic (exact) mass is 619 g/mol. The second kappa shape index (κ2) is 14.1. The fourth-order valence-electron chi connectivity index (χ4n) is 4.07. The normalized spacial score (nSPS) is 12.8. The summed E-state index contributed by atoms with van der Waals surface area (Å²) in [4.78, 5) is 28.6. The van der Waals surface area contributed by atoms with Gasteiger partial charge in [-0.1, -0.05) is 66.0 Å². The molecule has 0 bridgehead atoms. The van der Waals surface area contributed by atoms with E-state index in [0.717, 1.165) is 9.87 Å². The first-order chi connectivity index (χ1) is 19.4. The molecule has 0 aliphatic carbocycles. The van der Waals surface area contributed by atoms with E-state index in [0.29, 0.717) is 22.0 Å². The molecule has 3 rings (SSSR count). The molecule has 0 unspecified atom stereocenters. The first-order valence-corrected chi connectivity index (χ1v) is 15.3. The van der Waals surface area contributed by atoms with Crippen molar-refractivity contribution in [2.75, 3.05) is 18.0 Å². The summed E-state index contributed by atoms with van der Waals surface area (Å²) in [6, 6.07) is 16.8. The zero-order valence-corrected chi connectivity index (χ0v) is 26.1. The van der Waals surface area contributed by atoms with Gasteiger partial charge in [0.2, 0.25) is 11.8 Å². The molecule has 0 spiro atoms. The molecule has 2 atom stereocenters. The molecule has 0 fully saturated rings. The van der Waals surface area contributed by atoms with Crippen molar-refractivity contribution in [3.05, 3.63) is 87.9 Å². The molecule has 220 valence electrons. The molecule has 2 amide bonds. The van der Waals surface area contributed by atoms with Crippen LogP contribution in [0.5, 0.6) is 5.75 Å². The number of rotatable bonds is 12. The van der Waals surface area contributed by atoms with E-state index in [4.69, 9.17) is 27.9 Å². The molecular formula is C30H35Cl2N3O5S. The molecule has 41 heavy (non-hydrogen) atoms. The number of amides is 2. The Bertz CT molecular complexity index is 1480. The van der Waals surface area contributed by atoms with Crippen LogP contribution in [0.1, 0.15) is 38.3 Å². The Hall–Kier alpha value is -3.27. The van der Waals surface area contributed by atoms with Gasteiger partial charge in [-0.15, -0.1) is 0 Å². The van der Waals surface area contributed by atoms with Gasteiger partial charge in [-0.3, -0.25) is 13.9 Å². The van der Waals surface area contributed by atoms with Gasteiger partial charge in [-0.25, -0.2) is 8.42 Å². The maximum absolute atomic E-state index is 14.1. The molecule has 0 saturated heterocycles.